The Kier molecular flexibility index (Phi) is 7.34. The van der Waals surface area contributed by atoms with Crippen molar-refractivity contribution >= 4 is 52.2 Å². The molecule has 3 heterocycles. The Hall–Kier alpha value is -4.43. The molecule has 3 atom stereocenters. The molecule has 3 amide bonds. The summed E-state index contributed by atoms with van der Waals surface area (Å²) in [4.78, 5) is 55.7. The predicted molar refractivity (Wildman–Crippen MR) is 151 cm³/mol. The SMILES string of the molecule is O=C(COc1ccc([C@@H]2c3sc(=O)[nH]c3S[C@H]3C(=O)N(c4ccc(F)cc4)C(=O)[C@@H]23)cc1)Nc1cccc(C(F)(F)F)c1. The number of alkyl halides is 3. The van der Waals surface area contributed by atoms with E-state index in [1.165, 1.54) is 24.3 Å². The van der Waals surface area contributed by atoms with Crippen LogP contribution in [-0.2, 0) is 20.6 Å². The zero-order valence-corrected chi connectivity index (χ0v) is 23.3. The number of hydrogen-bond acceptors (Lipinski definition) is 7. The molecule has 2 aliphatic heterocycles. The molecule has 0 unspecified atom stereocenters. The van der Waals surface area contributed by atoms with Crippen LogP contribution in [0.1, 0.15) is 21.9 Å². The van der Waals surface area contributed by atoms with Gasteiger partial charge in [-0.15, -0.1) is 0 Å². The molecule has 2 aliphatic rings. The highest BCUT2D eigenvalue weighted by atomic mass is 32.2. The molecule has 0 bridgehead atoms. The van der Waals surface area contributed by atoms with E-state index in [1.807, 2.05) is 0 Å². The fourth-order valence-corrected chi connectivity index (χ4v) is 7.63. The average Bonchev–Trinajstić information content (AvgIpc) is 3.46. The Morgan fingerprint density at radius 1 is 0.977 bits per heavy atom. The van der Waals surface area contributed by atoms with Gasteiger partial charge in [0.1, 0.15) is 16.8 Å². The summed E-state index contributed by atoms with van der Waals surface area (Å²) in [7, 11) is 0. The number of ether oxygens (including phenoxy) is 1. The van der Waals surface area contributed by atoms with Crippen LogP contribution in [0.4, 0.5) is 28.9 Å². The summed E-state index contributed by atoms with van der Waals surface area (Å²) in [5.41, 5.74) is -0.0666. The van der Waals surface area contributed by atoms with Crippen molar-refractivity contribution in [2.24, 2.45) is 5.92 Å². The molecule has 0 radical (unpaired) electrons. The highest BCUT2D eigenvalue weighted by molar-refractivity contribution is 8.00. The van der Waals surface area contributed by atoms with E-state index in [1.54, 1.807) is 24.3 Å². The number of nitrogens with zero attached hydrogens (tertiary/aromatic N) is 1. The van der Waals surface area contributed by atoms with Crippen molar-refractivity contribution in [3.05, 3.63) is 104 Å². The number of carbonyl (C=O) groups is 3. The molecule has 220 valence electrons. The number of aromatic nitrogens is 1. The van der Waals surface area contributed by atoms with E-state index in [9.17, 15) is 36.7 Å². The molecular weight excluding hydrogens is 610 g/mol. The lowest BCUT2D eigenvalue weighted by Crippen LogP contribution is -2.32. The van der Waals surface area contributed by atoms with Crippen LogP contribution in [0.15, 0.2) is 82.6 Å². The minimum atomic E-state index is -4.55. The van der Waals surface area contributed by atoms with E-state index in [4.69, 9.17) is 4.74 Å². The van der Waals surface area contributed by atoms with Gasteiger partial charge in [0.05, 0.1) is 22.2 Å². The van der Waals surface area contributed by atoms with Gasteiger partial charge in [0.25, 0.3) is 5.91 Å². The number of hydrogen-bond donors (Lipinski definition) is 2. The lowest BCUT2D eigenvalue weighted by Gasteiger charge is -2.29. The van der Waals surface area contributed by atoms with Gasteiger partial charge in [-0.1, -0.05) is 41.3 Å². The van der Waals surface area contributed by atoms with Crippen LogP contribution in [0.5, 0.6) is 5.75 Å². The zero-order valence-electron chi connectivity index (χ0n) is 21.7. The standard InChI is InChI=1S/C29H19F4N3O5S2/c30-16-6-8-18(9-7-16)36-26(38)22-21(23-25(35-28(40)43-23)42-24(22)27(36)39)14-4-10-19(11-5-14)41-13-20(37)34-17-3-1-2-15(12-17)29(31,32)33/h1-12,21-22,24H,13H2,(H,34,37)(H,35,40)/t21-,22-,24+/m0/s1. The smallest absolute Gasteiger partial charge is 0.416 e. The summed E-state index contributed by atoms with van der Waals surface area (Å²) in [6, 6.07) is 15.7. The van der Waals surface area contributed by atoms with Gasteiger partial charge in [-0.3, -0.25) is 19.2 Å². The number of carbonyl (C=O) groups excluding carboxylic acids is 3. The average molecular weight is 630 g/mol. The number of fused-ring (bicyclic) bond motifs is 2. The predicted octanol–water partition coefficient (Wildman–Crippen LogP) is 5.41. The number of thiazole rings is 1. The summed E-state index contributed by atoms with van der Waals surface area (Å²) >= 11 is 2.06. The number of thioether (sulfide) groups is 1. The van der Waals surface area contributed by atoms with Crippen LogP contribution in [0.25, 0.3) is 0 Å². The van der Waals surface area contributed by atoms with Crippen LogP contribution < -0.4 is 19.8 Å². The minimum Gasteiger partial charge on any atom is -0.484 e. The van der Waals surface area contributed by atoms with E-state index in [-0.39, 0.29) is 22.0 Å². The Morgan fingerprint density at radius 3 is 2.40 bits per heavy atom. The zero-order chi connectivity index (χ0) is 30.5. The topological polar surface area (TPSA) is 109 Å². The van der Waals surface area contributed by atoms with Crippen LogP contribution >= 0.6 is 23.1 Å². The number of H-pyrrole nitrogens is 1. The van der Waals surface area contributed by atoms with E-state index >= 15 is 0 Å². The molecule has 43 heavy (non-hydrogen) atoms. The van der Waals surface area contributed by atoms with Crippen molar-refractivity contribution in [2.75, 3.05) is 16.8 Å². The number of rotatable bonds is 6. The second-order valence-electron chi connectivity index (χ2n) is 9.72. The summed E-state index contributed by atoms with van der Waals surface area (Å²) < 4.78 is 57.8. The van der Waals surface area contributed by atoms with E-state index in [0.717, 1.165) is 52.3 Å². The highest BCUT2D eigenvalue weighted by Crippen LogP contribution is 2.53. The third kappa shape index (κ3) is 5.55. The van der Waals surface area contributed by atoms with Crippen LogP contribution in [0.3, 0.4) is 0 Å². The fraction of sp³-hybridized carbons (Fsp3) is 0.172. The van der Waals surface area contributed by atoms with Gasteiger partial charge in [0, 0.05) is 16.5 Å². The molecule has 6 rings (SSSR count). The maximum atomic E-state index is 13.7. The number of nitrogens with one attached hydrogen (secondary N) is 2. The normalized spacial score (nSPS) is 19.6. The highest BCUT2D eigenvalue weighted by Gasteiger charge is 2.56. The maximum absolute atomic E-state index is 13.7. The first-order valence-electron chi connectivity index (χ1n) is 12.7. The summed E-state index contributed by atoms with van der Waals surface area (Å²) in [5.74, 6) is -3.35. The maximum Gasteiger partial charge on any atom is 0.416 e. The van der Waals surface area contributed by atoms with Gasteiger partial charge in [0.2, 0.25) is 11.8 Å². The summed E-state index contributed by atoms with van der Waals surface area (Å²) in [6.45, 7) is -0.483. The number of aromatic amines is 1. The van der Waals surface area contributed by atoms with Crippen molar-refractivity contribution < 1.29 is 36.7 Å². The van der Waals surface area contributed by atoms with E-state index in [0.29, 0.717) is 15.5 Å². The number of amides is 3. The summed E-state index contributed by atoms with van der Waals surface area (Å²) in [6.07, 6.45) is -4.55. The largest absolute Gasteiger partial charge is 0.484 e. The third-order valence-corrected chi connectivity index (χ3v) is 9.39. The Morgan fingerprint density at radius 2 is 1.70 bits per heavy atom. The first-order valence-corrected chi connectivity index (χ1v) is 14.4. The van der Waals surface area contributed by atoms with Crippen molar-refractivity contribution in [3.8, 4) is 5.75 Å². The minimum absolute atomic E-state index is 0.0322. The Bertz CT molecular complexity index is 1790. The Labute approximate surface area is 248 Å². The van der Waals surface area contributed by atoms with E-state index < -0.39 is 59.0 Å². The molecule has 1 fully saturated rings. The lowest BCUT2D eigenvalue weighted by atomic mass is 9.83. The van der Waals surface area contributed by atoms with Gasteiger partial charge in [-0.2, -0.15) is 13.2 Å². The number of benzene rings is 3. The van der Waals surface area contributed by atoms with Gasteiger partial charge in [-0.05, 0) is 60.2 Å². The monoisotopic (exact) mass is 629 g/mol. The Balaban J connectivity index is 1.21. The molecule has 14 heteroatoms. The van der Waals surface area contributed by atoms with Crippen LogP contribution in [-0.4, -0.2) is 34.6 Å². The van der Waals surface area contributed by atoms with Gasteiger partial charge < -0.3 is 15.0 Å². The molecule has 0 aliphatic carbocycles. The molecule has 8 nitrogen and oxygen atoms in total. The van der Waals surface area contributed by atoms with Crippen LogP contribution in [0, 0.1) is 11.7 Å². The van der Waals surface area contributed by atoms with Crippen LogP contribution in [0.2, 0.25) is 0 Å². The second kappa shape index (κ2) is 11.0. The summed E-state index contributed by atoms with van der Waals surface area (Å²) in [5, 5.41) is 2.04. The van der Waals surface area contributed by atoms with Gasteiger partial charge in [-0.25, -0.2) is 9.29 Å². The van der Waals surface area contributed by atoms with Crippen molar-refractivity contribution in [1.82, 2.24) is 4.98 Å². The molecule has 0 saturated carbocycles. The van der Waals surface area contributed by atoms with E-state index in [2.05, 4.69) is 10.3 Å². The van der Waals surface area contributed by atoms with Crippen molar-refractivity contribution in [2.45, 2.75) is 22.4 Å². The quantitative estimate of drug-likeness (QED) is 0.218. The fourth-order valence-electron chi connectivity index (χ4n) is 5.11. The lowest BCUT2D eigenvalue weighted by molar-refractivity contribution is -0.137. The number of halogens is 4. The molecule has 0 spiro atoms. The second-order valence-corrected chi connectivity index (χ2v) is 11.9. The molecule has 4 aromatic rings. The first kappa shape index (κ1) is 28.7. The first-order chi connectivity index (χ1) is 20.5. The number of imide groups is 1. The van der Waals surface area contributed by atoms with Crippen molar-refractivity contribution in [1.29, 1.82) is 0 Å². The molecule has 2 N–H and O–H groups in total. The third-order valence-electron chi connectivity index (χ3n) is 6.99. The molecule has 3 aromatic carbocycles. The number of anilines is 2. The van der Waals surface area contributed by atoms with Gasteiger partial charge >= 0.3 is 11.0 Å². The molecule has 1 saturated heterocycles. The molecule has 1 aromatic heterocycles. The van der Waals surface area contributed by atoms with Crippen molar-refractivity contribution in [3.63, 3.8) is 0 Å². The molecular formula is C29H19F4N3O5S2. The van der Waals surface area contributed by atoms with Gasteiger partial charge in [0.15, 0.2) is 6.61 Å².